The van der Waals surface area contributed by atoms with E-state index in [2.05, 4.69) is 20.4 Å². The van der Waals surface area contributed by atoms with Crippen molar-refractivity contribution in [2.75, 3.05) is 14.2 Å². The van der Waals surface area contributed by atoms with Crippen molar-refractivity contribution in [1.29, 1.82) is 0 Å². The number of rotatable bonds is 7. The predicted molar refractivity (Wildman–Crippen MR) is 93.1 cm³/mol. The first-order chi connectivity index (χ1) is 12.1. The van der Waals surface area contributed by atoms with E-state index < -0.39 is 6.61 Å². The summed E-state index contributed by atoms with van der Waals surface area (Å²) in [6, 6.07) is 14.5. The minimum atomic E-state index is -2.89. The van der Waals surface area contributed by atoms with Crippen LogP contribution in [0, 0.1) is 0 Å². The summed E-state index contributed by atoms with van der Waals surface area (Å²) in [5, 5.41) is 6.24. The van der Waals surface area contributed by atoms with Crippen molar-refractivity contribution in [2.24, 2.45) is 4.99 Å². The Morgan fingerprint density at radius 3 is 2.44 bits per heavy atom. The number of ether oxygens (including phenoxy) is 2. The second-order valence-electron chi connectivity index (χ2n) is 5.12. The molecule has 0 aliphatic heterocycles. The topological polar surface area (TPSA) is 54.9 Å². The van der Waals surface area contributed by atoms with E-state index in [1.54, 1.807) is 19.2 Å². The van der Waals surface area contributed by atoms with Gasteiger partial charge in [0, 0.05) is 25.7 Å². The third-order valence-corrected chi connectivity index (χ3v) is 3.46. The number of hydrogen-bond donors (Lipinski definition) is 2. The van der Waals surface area contributed by atoms with Gasteiger partial charge in [-0.2, -0.15) is 8.78 Å². The molecule has 0 amide bonds. The van der Waals surface area contributed by atoms with Crippen molar-refractivity contribution >= 4 is 5.96 Å². The Labute approximate surface area is 145 Å². The molecule has 2 aromatic rings. The maximum Gasteiger partial charge on any atom is 0.387 e. The Balaban J connectivity index is 2.00. The number of methoxy groups -OCH3 is 1. The summed E-state index contributed by atoms with van der Waals surface area (Å²) in [6.45, 7) is -2.03. The smallest absolute Gasteiger partial charge is 0.387 e. The van der Waals surface area contributed by atoms with Gasteiger partial charge in [-0.25, -0.2) is 0 Å². The Kier molecular flexibility index (Phi) is 7.00. The van der Waals surface area contributed by atoms with E-state index in [0.29, 0.717) is 23.8 Å². The molecular formula is C18H21F2N3O2. The molecule has 0 fully saturated rings. The van der Waals surface area contributed by atoms with Crippen molar-refractivity contribution < 1.29 is 18.3 Å². The van der Waals surface area contributed by atoms with E-state index in [4.69, 9.17) is 4.74 Å². The quantitative estimate of drug-likeness (QED) is 0.596. The molecule has 0 atom stereocenters. The Morgan fingerprint density at radius 1 is 1.08 bits per heavy atom. The SMILES string of the molecule is CN=C(NCc1ccccc1)NCc1cc(OC)ccc1OC(F)F. The molecule has 0 bridgehead atoms. The highest BCUT2D eigenvalue weighted by Crippen LogP contribution is 2.25. The Hall–Kier alpha value is -2.83. The molecule has 0 aliphatic carbocycles. The third kappa shape index (κ3) is 5.95. The fourth-order valence-corrected chi connectivity index (χ4v) is 2.21. The van der Waals surface area contributed by atoms with Gasteiger partial charge in [0.25, 0.3) is 0 Å². The summed E-state index contributed by atoms with van der Waals surface area (Å²) in [5.74, 6) is 1.21. The van der Waals surface area contributed by atoms with Crippen molar-refractivity contribution in [3.63, 3.8) is 0 Å². The largest absolute Gasteiger partial charge is 0.497 e. The molecule has 25 heavy (non-hydrogen) atoms. The number of nitrogens with zero attached hydrogens (tertiary/aromatic N) is 1. The zero-order valence-electron chi connectivity index (χ0n) is 14.1. The van der Waals surface area contributed by atoms with Crippen molar-refractivity contribution in [2.45, 2.75) is 19.7 Å². The average Bonchev–Trinajstić information content (AvgIpc) is 2.63. The molecule has 0 heterocycles. The molecule has 2 rings (SSSR count). The molecular weight excluding hydrogens is 328 g/mol. The molecule has 134 valence electrons. The van der Waals surface area contributed by atoms with Crippen LogP contribution in [0.25, 0.3) is 0 Å². The Morgan fingerprint density at radius 2 is 1.80 bits per heavy atom. The maximum absolute atomic E-state index is 12.5. The molecule has 2 aromatic carbocycles. The van der Waals surface area contributed by atoms with Crippen molar-refractivity contribution in [1.82, 2.24) is 10.6 Å². The minimum absolute atomic E-state index is 0.0989. The number of nitrogens with one attached hydrogen (secondary N) is 2. The average molecular weight is 349 g/mol. The lowest BCUT2D eigenvalue weighted by Gasteiger charge is -2.15. The lowest BCUT2D eigenvalue weighted by atomic mass is 10.2. The lowest BCUT2D eigenvalue weighted by Crippen LogP contribution is -2.36. The van der Waals surface area contributed by atoms with E-state index >= 15 is 0 Å². The second kappa shape index (κ2) is 9.46. The van der Waals surface area contributed by atoms with Gasteiger partial charge in [0.15, 0.2) is 5.96 Å². The van der Waals surface area contributed by atoms with E-state index in [1.807, 2.05) is 30.3 Å². The van der Waals surface area contributed by atoms with Crippen LogP contribution >= 0.6 is 0 Å². The molecule has 0 spiro atoms. The van der Waals surface area contributed by atoms with Crippen LogP contribution in [0.4, 0.5) is 8.78 Å². The summed E-state index contributed by atoms with van der Waals surface area (Å²) < 4.78 is 34.8. The highest BCUT2D eigenvalue weighted by atomic mass is 19.3. The van der Waals surface area contributed by atoms with Gasteiger partial charge in [-0.15, -0.1) is 0 Å². The highest BCUT2D eigenvalue weighted by Gasteiger charge is 2.11. The van der Waals surface area contributed by atoms with Gasteiger partial charge in [0.05, 0.1) is 7.11 Å². The first kappa shape index (κ1) is 18.5. The van der Waals surface area contributed by atoms with Gasteiger partial charge in [-0.1, -0.05) is 30.3 Å². The molecule has 0 unspecified atom stereocenters. The normalized spacial score (nSPS) is 11.3. The fourth-order valence-electron chi connectivity index (χ4n) is 2.21. The van der Waals surface area contributed by atoms with E-state index in [1.165, 1.54) is 13.2 Å². The number of benzene rings is 2. The van der Waals surface area contributed by atoms with Crippen molar-refractivity contribution in [3.8, 4) is 11.5 Å². The molecule has 5 nitrogen and oxygen atoms in total. The number of hydrogen-bond acceptors (Lipinski definition) is 3. The molecule has 0 saturated carbocycles. The van der Waals surface area contributed by atoms with Gasteiger partial charge in [0.1, 0.15) is 11.5 Å². The van der Waals surface area contributed by atoms with Crippen LogP contribution in [0.1, 0.15) is 11.1 Å². The third-order valence-electron chi connectivity index (χ3n) is 3.46. The van der Waals surface area contributed by atoms with E-state index in [9.17, 15) is 8.78 Å². The van der Waals surface area contributed by atoms with Crippen LogP contribution in [0.15, 0.2) is 53.5 Å². The zero-order valence-corrected chi connectivity index (χ0v) is 14.1. The number of alkyl halides is 2. The highest BCUT2D eigenvalue weighted by molar-refractivity contribution is 5.79. The Bertz CT molecular complexity index is 694. The van der Waals surface area contributed by atoms with Crippen LogP contribution in [-0.2, 0) is 13.1 Å². The van der Waals surface area contributed by atoms with Crippen LogP contribution in [0.3, 0.4) is 0 Å². The summed E-state index contributed by atoms with van der Waals surface area (Å²) in [5.41, 5.74) is 1.65. The molecule has 7 heteroatoms. The summed E-state index contributed by atoms with van der Waals surface area (Å²) in [7, 11) is 3.16. The molecule has 0 radical (unpaired) electrons. The van der Waals surface area contributed by atoms with Gasteiger partial charge in [0.2, 0.25) is 0 Å². The molecule has 2 N–H and O–H groups in total. The molecule has 0 saturated heterocycles. The van der Waals surface area contributed by atoms with Crippen LogP contribution < -0.4 is 20.1 Å². The maximum atomic E-state index is 12.5. The summed E-state index contributed by atoms with van der Waals surface area (Å²) in [6.07, 6.45) is 0. The van der Waals surface area contributed by atoms with Gasteiger partial charge in [-0.3, -0.25) is 4.99 Å². The molecule has 0 aliphatic rings. The standard InChI is InChI=1S/C18H21F2N3O2/c1-21-18(22-11-13-6-4-3-5-7-13)23-12-14-10-15(24-2)8-9-16(14)25-17(19)20/h3-10,17H,11-12H2,1-2H3,(H2,21,22,23). The van der Waals surface area contributed by atoms with E-state index in [0.717, 1.165) is 5.56 Å². The summed E-state index contributed by atoms with van der Waals surface area (Å²) in [4.78, 5) is 4.13. The zero-order chi connectivity index (χ0) is 18.1. The van der Waals surface area contributed by atoms with Crippen LogP contribution in [0.5, 0.6) is 11.5 Å². The molecule has 0 aromatic heterocycles. The number of aliphatic imine (C=N–C) groups is 1. The second-order valence-corrected chi connectivity index (χ2v) is 5.12. The fraction of sp³-hybridized carbons (Fsp3) is 0.278. The monoisotopic (exact) mass is 349 g/mol. The number of halogens is 2. The van der Waals surface area contributed by atoms with Crippen LogP contribution in [0.2, 0.25) is 0 Å². The van der Waals surface area contributed by atoms with E-state index in [-0.39, 0.29) is 12.3 Å². The van der Waals surface area contributed by atoms with Gasteiger partial charge >= 0.3 is 6.61 Å². The van der Waals surface area contributed by atoms with Crippen molar-refractivity contribution in [3.05, 3.63) is 59.7 Å². The van der Waals surface area contributed by atoms with Gasteiger partial charge in [-0.05, 0) is 23.8 Å². The lowest BCUT2D eigenvalue weighted by molar-refractivity contribution is -0.0504. The minimum Gasteiger partial charge on any atom is -0.497 e. The first-order valence-corrected chi connectivity index (χ1v) is 7.72. The first-order valence-electron chi connectivity index (χ1n) is 7.72. The predicted octanol–water partition coefficient (Wildman–Crippen LogP) is 3.16. The van der Waals surface area contributed by atoms with Crippen LogP contribution in [-0.4, -0.2) is 26.7 Å². The number of guanidine groups is 1. The van der Waals surface area contributed by atoms with Gasteiger partial charge < -0.3 is 20.1 Å². The summed E-state index contributed by atoms with van der Waals surface area (Å²) >= 11 is 0.